The summed E-state index contributed by atoms with van der Waals surface area (Å²) in [6.07, 6.45) is 0. The molecule has 0 spiro atoms. The van der Waals surface area contributed by atoms with E-state index in [9.17, 15) is 13.6 Å². The summed E-state index contributed by atoms with van der Waals surface area (Å²) in [6, 6.07) is 7.98. The predicted octanol–water partition coefficient (Wildman–Crippen LogP) is 4.19. The van der Waals surface area contributed by atoms with E-state index in [0.29, 0.717) is 10.8 Å². The molecule has 0 N–H and O–H groups in total. The minimum Gasteiger partial charge on any atom is -0.485 e. The van der Waals surface area contributed by atoms with Crippen molar-refractivity contribution in [2.24, 2.45) is 0 Å². The molecule has 0 saturated heterocycles. The van der Waals surface area contributed by atoms with Crippen LogP contribution in [-0.2, 0) is 0 Å². The number of rotatable bonds is 4. The summed E-state index contributed by atoms with van der Waals surface area (Å²) < 4.78 is 31.1. The number of benzene rings is 2. The van der Waals surface area contributed by atoms with Crippen molar-refractivity contribution < 1.29 is 18.3 Å². The lowest BCUT2D eigenvalue weighted by molar-refractivity contribution is 0.0921. The van der Waals surface area contributed by atoms with Crippen LogP contribution < -0.4 is 4.74 Å². The Morgan fingerprint density at radius 1 is 1.15 bits per heavy atom. The normalized spacial score (nSPS) is 10.4. The molecule has 5 heteroatoms. The zero-order valence-corrected chi connectivity index (χ0v) is 11.4. The number of ketones is 1. The van der Waals surface area contributed by atoms with E-state index in [2.05, 4.69) is 0 Å². The fourth-order valence-electron chi connectivity index (χ4n) is 1.61. The molecule has 2 nitrogen and oxygen atoms in total. The van der Waals surface area contributed by atoms with Gasteiger partial charge in [-0.1, -0.05) is 11.6 Å². The van der Waals surface area contributed by atoms with E-state index in [-0.39, 0.29) is 12.2 Å². The first-order valence-electron chi connectivity index (χ1n) is 5.84. The molecule has 0 unspecified atom stereocenters. The summed E-state index contributed by atoms with van der Waals surface area (Å²) in [5.74, 6) is -1.99. The van der Waals surface area contributed by atoms with Gasteiger partial charge in [-0.2, -0.15) is 0 Å². The number of hydrogen-bond donors (Lipinski definition) is 0. The molecule has 0 amide bonds. The lowest BCUT2D eigenvalue weighted by Gasteiger charge is -2.07. The second-order valence-corrected chi connectivity index (χ2v) is 4.66. The summed E-state index contributed by atoms with van der Waals surface area (Å²) in [6.45, 7) is 1.55. The van der Waals surface area contributed by atoms with Crippen LogP contribution in [0.1, 0.15) is 15.9 Å². The molecule has 2 aromatic rings. The van der Waals surface area contributed by atoms with Crippen molar-refractivity contribution in [2.75, 3.05) is 6.61 Å². The standard InChI is InChI=1S/C15H11ClF2O2/c1-9-6-11(3-4-12(9)16)20-8-15(19)10-2-5-13(17)14(18)7-10/h2-7H,8H2,1H3. The molecule has 20 heavy (non-hydrogen) atoms. The number of aryl methyl sites for hydroxylation is 1. The van der Waals surface area contributed by atoms with Crippen LogP contribution in [0.2, 0.25) is 5.02 Å². The zero-order valence-electron chi connectivity index (χ0n) is 10.6. The van der Waals surface area contributed by atoms with Crippen LogP contribution in [0.5, 0.6) is 5.75 Å². The SMILES string of the molecule is Cc1cc(OCC(=O)c2ccc(F)c(F)c2)ccc1Cl. The molecular weight excluding hydrogens is 286 g/mol. The first kappa shape index (κ1) is 14.5. The van der Waals surface area contributed by atoms with Crippen molar-refractivity contribution in [3.05, 3.63) is 64.2 Å². The third-order valence-electron chi connectivity index (χ3n) is 2.74. The van der Waals surface area contributed by atoms with Crippen LogP contribution in [0.3, 0.4) is 0 Å². The average Bonchev–Trinajstić information content (AvgIpc) is 2.43. The monoisotopic (exact) mass is 296 g/mol. The lowest BCUT2D eigenvalue weighted by Crippen LogP contribution is -2.12. The Hall–Kier alpha value is -1.94. The molecule has 0 aromatic heterocycles. The highest BCUT2D eigenvalue weighted by Gasteiger charge is 2.10. The smallest absolute Gasteiger partial charge is 0.200 e. The van der Waals surface area contributed by atoms with Gasteiger partial charge in [0.05, 0.1) is 0 Å². The van der Waals surface area contributed by atoms with Gasteiger partial charge in [0.15, 0.2) is 24.0 Å². The molecule has 0 aliphatic carbocycles. The van der Waals surface area contributed by atoms with Gasteiger partial charge in [0, 0.05) is 10.6 Å². The van der Waals surface area contributed by atoms with Crippen molar-refractivity contribution in [1.29, 1.82) is 0 Å². The highest BCUT2D eigenvalue weighted by Crippen LogP contribution is 2.21. The average molecular weight is 297 g/mol. The second-order valence-electron chi connectivity index (χ2n) is 4.25. The first-order valence-corrected chi connectivity index (χ1v) is 6.22. The largest absolute Gasteiger partial charge is 0.485 e. The quantitative estimate of drug-likeness (QED) is 0.791. The van der Waals surface area contributed by atoms with Gasteiger partial charge < -0.3 is 4.74 Å². The van der Waals surface area contributed by atoms with Gasteiger partial charge in [-0.15, -0.1) is 0 Å². The molecule has 0 bridgehead atoms. The molecule has 0 atom stereocenters. The Morgan fingerprint density at radius 2 is 1.90 bits per heavy atom. The predicted molar refractivity (Wildman–Crippen MR) is 72.4 cm³/mol. The van der Waals surface area contributed by atoms with Gasteiger partial charge >= 0.3 is 0 Å². The van der Waals surface area contributed by atoms with Crippen LogP contribution >= 0.6 is 11.6 Å². The fraction of sp³-hybridized carbons (Fsp3) is 0.133. The highest BCUT2D eigenvalue weighted by atomic mass is 35.5. The van der Waals surface area contributed by atoms with E-state index in [1.165, 1.54) is 6.07 Å². The van der Waals surface area contributed by atoms with Crippen molar-refractivity contribution in [1.82, 2.24) is 0 Å². The van der Waals surface area contributed by atoms with E-state index in [0.717, 1.165) is 17.7 Å². The molecule has 104 valence electrons. The fourth-order valence-corrected chi connectivity index (χ4v) is 1.73. The van der Waals surface area contributed by atoms with E-state index < -0.39 is 17.4 Å². The van der Waals surface area contributed by atoms with Crippen molar-refractivity contribution in [2.45, 2.75) is 6.92 Å². The van der Waals surface area contributed by atoms with E-state index >= 15 is 0 Å². The molecular formula is C15H11ClF2O2. The Labute approximate surface area is 119 Å². The molecule has 0 radical (unpaired) electrons. The molecule has 0 aliphatic heterocycles. The molecule has 2 aromatic carbocycles. The van der Waals surface area contributed by atoms with E-state index in [4.69, 9.17) is 16.3 Å². The van der Waals surface area contributed by atoms with E-state index in [1.54, 1.807) is 18.2 Å². The first-order chi connectivity index (χ1) is 9.47. The number of carbonyl (C=O) groups is 1. The van der Waals surface area contributed by atoms with Crippen LogP contribution in [0, 0.1) is 18.6 Å². The Balaban J connectivity index is 2.04. The molecule has 0 heterocycles. The third-order valence-corrected chi connectivity index (χ3v) is 3.16. The Morgan fingerprint density at radius 3 is 2.55 bits per heavy atom. The Kier molecular flexibility index (Phi) is 4.35. The van der Waals surface area contributed by atoms with Gasteiger partial charge in [0.2, 0.25) is 0 Å². The van der Waals surface area contributed by atoms with Crippen LogP contribution in [0.25, 0.3) is 0 Å². The van der Waals surface area contributed by atoms with Crippen LogP contribution in [-0.4, -0.2) is 12.4 Å². The maximum atomic E-state index is 13.0. The number of carbonyl (C=O) groups excluding carboxylic acids is 1. The summed E-state index contributed by atoms with van der Waals surface area (Å²) in [5, 5.41) is 0.601. The molecule has 2 rings (SSSR count). The highest BCUT2D eigenvalue weighted by molar-refractivity contribution is 6.31. The van der Waals surface area contributed by atoms with Gasteiger partial charge in [-0.3, -0.25) is 4.79 Å². The van der Waals surface area contributed by atoms with Gasteiger partial charge in [0.1, 0.15) is 5.75 Å². The molecule has 0 aliphatic rings. The minimum atomic E-state index is -1.06. The summed E-state index contributed by atoms with van der Waals surface area (Å²) >= 11 is 5.87. The lowest BCUT2D eigenvalue weighted by atomic mass is 10.1. The second kappa shape index (κ2) is 6.01. The summed E-state index contributed by atoms with van der Waals surface area (Å²) in [5.41, 5.74) is 0.888. The topological polar surface area (TPSA) is 26.3 Å². The molecule has 0 fully saturated rings. The van der Waals surface area contributed by atoms with Crippen molar-refractivity contribution in [3.8, 4) is 5.75 Å². The van der Waals surface area contributed by atoms with Gasteiger partial charge in [-0.25, -0.2) is 8.78 Å². The zero-order chi connectivity index (χ0) is 14.7. The maximum absolute atomic E-state index is 13.0. The van der Waals surface area contributed by atoms with Crippen LogP contribution in [0.4, 0.5) is 8.78 Å². The summed E-state index contributed by atoms with van der Waals surface area (Å²) in [4.78, 5) is 11.8. The van der Waals surface area contributed by atoms with Gasteiger partial charge in [0.25, 0.3) is 0 Å². The van der Waals surface area contributed by atoms with Crippen LogP contribution in [0.15, 0.2) is 36.4 Å². The van der Waals surface area contributed by atoms with Crippen molar-refractivity contribution in [3.63, 3.8) is 0 Å². The Bertz CT molecular complexity index is 656. The number of hydrogen-bond acceptors (Lipinski definition) is 2. The minimum absolute atomic E-state index is 0.0644. The van der Waals surface area contributed by atoms with Gasteiger partial charge in [-0.05, 0) is 48.9 Å². The maximum Gasteiger partial charge on any atom is 0.200 e. The third kappa shape index (κ3) is 3.33. The van der Waals surface area contributed by atoms with Crippen molar-refractivity contribution >= 4 is 17.4 Å². The summed E-state index contributed by atoms with van der Waals surface area (Å²) in [7, 11) is 0. The number of ether oxygens (including phenoxy) is 1. The number of halogens is 3. The molecule has 0 saturated carbocycles. The van der Waals surface area contributed by atoms with E-state index in [1.807, 2.05) is 6.92 Å². The number of Topliss-reactive ketones (excluding diaryl/α,β-unsaturated/α-hetero) is 1.